The second kappa shape index (κ2) is 7.67. The Morgan fingerprint density at radius 3 is 1.92 bits per heavy atom. The molecule has 2 aromatic rings. The summed E-state index contributed by atoms with van der Waals surface area (Å²) in [4.78, 5) is 0. The lowest BCUT2D eigenvalue weighted by atomic mass is 10.1. The second-order valence-corrected chi connectivity index (χ2v) is 13.1. The summed E-state index contributed by atoms with van der Waals surface area (Å²) < 4.78 is 6.97. The van der Waals surface area contributed by atoms with Gasteiger partial charge in [-0.2, -0.15) is 0 Å². The van der Waals surface area contributed by atoms with E-state index in [1.807, 2.05) is 0 Å². The molecular weight excluding hydrogens is 336 g/mol. The van der Waals surface area contributed by atoms with Crippen molar-refractivity contribution in [2.45, 2.75) is 39.2 Å². The zero-order chi connectivity index (χ0) is 18.8. The third kappa shape index (κ3) is 3.66. The molecule has 1 aliphatic carbocycles. The highest BCUT2D eigenvalue weighted by Crippen LogP contribution is 2.46. The zero-order valence-electron chi connectivity index (χ0n) is 16.5. The quantitative estimate of drug-likeness (QED) is 0.753. The standard InChI is InChI=1S/C23H32O2Si/c1-18(16-24)22-15-19(22)17-25-26(23(2,3)4,20-11-7-5-8-12-20)21-13-9-6-10-14-21/h5-14,18-19,22,24H,15-17H2,1-4H3/t18?,19-,22+/m1/s1. The molecule has 1 fully saturated rings. The normalized spacial score (nSPS) is 21.4. The van der Waals surface area contributed by atoms with Crippen molar-refractivity contribution in [3.8, 4) is 0 Å². The van der Waals surface area contributed by atoms with Crippen molar-refractivity contribution in [3.05, 3.63) is 60.7 Å². The molecule has 0 radical (unpaired) electrons. The van der Waals surface area contributed by atoms with Crippen LogP contribution in [0.3, 0.4) is 0 Å². The molecule has 1 unspecified atom stereocenters. The average molecular weight is 369 g/mol. The molecule has 3 heteroatoms. The Morgan fingerprint density at radius 2 is 1.50 bits per heavy atom. The predicted octanol–water partition coefficient (Wildman–Crippen LogP) is 3.83. The minimum atomic E-state index is -2.41. The molecule has 0 heterocycles. The van der Waals surface area contributed by atoms with Gasteiger partial charge in [0.25, 0.3) is 8.32 Å². The van der Waals surface area contributed by atoms with Gasteiger partial charge in [-0.05, 0) is 39.6 Å². The molecule has 0 amide bonds. The van der Waals surface area contributed by atoms with E-state index in [0.717, 1.165) is 6.61 Å². The van der Waals surface area contributed by atoms with Crippen LogP contribution >= 0.6 is 0 Å². The van der Waals surface area contributed by atoms with Gasteiger partial charge >= 0.3 is 0 Å². The molecule has 0 aromatic heterocycles. The van der Waals surface area contributed by atoms with Gasteiger partial charge < -0.3 is 9.53 Å². The van der Waals surface area contributed by atoms with Gasteiger partial charge in [0.15, 0.2) is 0 Å². The van der Waals surface area contributed by atoms with E-state index >= 15 is 0 Å². The first kappa shape index (κ1) is 19.3. The maximum absolute atomic E-state index is 9.44. The van der Waals surface area contributed by atoms with Crippen LogP contribution in [0.25, 0.3) is 0 Å². The molecule has 26 heavy (non-hydrogen) atoms. The summed E-state index contributed by atoms with van der Waals surface area (Å²) in [5.74, 6) is 1.57. The Hall–Kier alpha value is -1.42. The van der Waals surface area contributed by atoms with Crippen molar-refractivity contribution < 1.29 is 9.53 Å². The first-order chi connectivity index (χ1) is 12.4. The molecule has 140 valence electrons. The monoisotopic (exact) mass is 368 g/mol. The summed E-state index contributed by atoms with van der Waals surface area (Å²) in [7, 11) is -2.41. The first-order valence-corrected chi connectivity index (χ1v) is 11.7. The molecule has 3 atom stereocenters. The molecule has 0 spiro atoms. The van der Waals surface area contributed by atoms with Gasteiger partial charge in [-0.3, -0.25) is 0 Å². The largest absolute Gasteiger partial charge is 0.407 e. The molecule has 1 saturated carbocycles. The maximum atomic E-state index is 9.44. The third-order valence-electron chi connectivity index (χ3n) is 5.93. The van der Waals surface area contributed by atoms with Crippen molar-refractivity contribution >= 4 is 18.7 Å². The average Bonchev–Trinajstić information content (AvgIpc) is 3.42. The van der Waals surface area contributed by atoms with Crippen LogP contribution in [0.15, 0.2) is 60.7 Å². The van der Waals surface area contributed by atoms with Crippen molar-refractivity contribution in [2.24, 2.45) is 17.8 Å². The lowest BCUT2D eigenvalue weighted by Gasteiger charge is -2.43. The van der Waals surface area contributed by atoms with Gasteiger partial charge in [-0.25, -0.2) is 0 Å². The Bertz CT molecular complexity index is 654. The zero-order valence-corrected chi connectivity index (χ0v) is 17.5. The summed E-state index contributed by atoms with van der Waals surface area (Å²) in [6.07, 6.45) is 1.18. The van der Waals surface area contributed by atoms with Crippen molar-refractivity contribution in [1.29, 1.82) is 0 Å². The van der Waals surface area contributed by atoms with Crippen LogP contribution in [0.4, 0.5) is 0 Å². The Labute approximate surface area is 159 Å². The second-order valence-electron chi connectivity index (χ2n) is 8.79. The van der Waals surface area contributed by atoms with E-state index in [1.165, 1.54) is 16.8 Å². The van der Waals surface area contributed by atoms with E-state index < -0.39 is 8.32 Å². The lowest BCUT2D eigenvalue weighted by Crippen LogP contribution is -2.66. The molecule has 0 bridgehead atoms. The van der Waals surface area contributed by atoms with Crippen LogP contribution in [-0.4, -0.2) is 26.6 Å². The van der Waals surface area contributed by atoms with Crippen molar-refractivity contribution in [3.63, 3.8) is 0 Å². The minimum Gasteiger partial charge on any atom is -0.407 e. The summed E-state index contributed by atoms with van der Waals surface area (Å²) in [6.45, 7) is 10.2. The number of aliphatic hydroxyl groups excluding tert-OH is 1. The molecule has 3 rings (SSSR count). The maximum Gasteiger partial charge on any atom is 0.261 e. The van der Waals surface area contributed by atoms with E-state index in [1.54, 1.807) is 0 Å². The number of hydrogen-bond donors (Lipinski definition) is 1. The minimum absolute atomic E-state index is 0.0304. The van der Waals surface area contributed by atoms with Gasteiger partial charge in [0.1, 0.15) is 0 Å². The molecule has 1 aliphatic rings. The van der Waals surface area contributed by atoms with E-state index in [9.17, 15) is 5.11 Å². The highest BCUT2D eigenvalue weighted by Gasteiger charge is 2.52. The van der Waals surface area contributed by atoms with E-state index in [2.05, 4.69) is 88.4 Å². The molecule has 2 aromatic carbocycles. The fourth-order valence-electron chi connectivity index (χ4n) is 4.29. The van der Waals surface area contributed by atoms with E-state index in [-0.39, 0.29) is 11.6 Å². The highest BCUT2D eigenvalue weighted by molar-refractivity contribution is 6.99. The summed E-state index contributed by atoms with van der Waals surface area (Å²) in [5.41, 5.74) is 0. The van der Waals surface area contributed by atoms with Gasteiger partial charge in [0, 0.05) is 13.2 Å². The third-order valence-corrected chi connectivity index (χ3v) is 10.9. The highest BCUT2D eigenvalue weighted by atomic mass is 28.4. The summed E-state index contributed by atoms with van der Waals surface area (Å²) >= 11 is 0. The van der Waals surface area contributed by atoms with Crippen LogP contribution in [0.1, 0.15) is 34.1 Å². The lowest BCUT2D eigenvalue weighted by molar-refractivity contribution is 0.205. The van der Waals surface area contributed by atoms with Crippen LogP contribution in [0.2, 0.25) is 5.04 Å². The van der Waals surface area contributed by atoms with Crippen molar-refractivity contribution in [1.82, 2.24) is 0 Å². The molecule has 0 aliphatic heterocycles. The van der Waals surface area contributed by atoms with Crippen LogP contribution in [0.5, 0.6) is 0 Å². The summed E-state index contributed by atoms with van der Waals surface area (Å²) in [6, 6.07) is 21.6. The predicted molar refractivity (Wildman–Crippen MR) is 111 cm³/mol. The molecule has 2 nitrogen and oxygen atoms in total. The van der Waals surface area contributed by atoms with Gasteiger partial charge in [-0.15, -0.1) is 0 Å². The molecule has 0 saturated heterocycles. The number of aliphatic hydroxyl groups is 1. The summed E-state index contributed by atoms with van der Waals surface area (Å²) in [5, 5.41) is 12.2. The molecule has 1 N–H and O–H groups in total. The van der Waals surface area contributed by atoms with Gasteiger partial charge in [-0.1, -0.05) is 88.4 Å². The fraction of sp³-hybridized carbons (Fsp3) is 0.478. The number of benzene rings is 2. The topological polar surface area (TPSA) is 29.5 Å². The number of rotatable bonds is 7. The van der Waals surface area contributed by atoms with Crippen LogP contribution in [0, 0.1) is 17.8 Å². The SMILES string of the molecule is CC(CO)[C@@H]1C[C@@H]1CO[Si](c1ccccc1)(c1ccccc1)C(C)(C)C. The smallest absolute Gasteiger partial charge is 0.261 e. The Balaban J connectivity index is 1.96. The van der Waals surface area contributed by atoms with Gasteiger partial charge in [0.05, 0.1) is 0 Å². The van der Waals surface area contributed by atoms with Crippen LogP contribution in [-0.2, 0) is 4.43 Å². The van der Waals surface area contributed by atoms with Crippen LogP contribution < -0.4 is 10.4 Å². The first-order valence-electron chi connectivity index (χ1n) is 9.76. The Morgan fingerprint density at radius 1 is 1.00 bits per heavy atom. The fourth-order valence-corrected chi connectivity index (χ4v) is 8.91. The number of hydrogen-bond acceptors (Lipinski definition) is 2. The van der Waals surface area contributed by atoms with E-state index in [0.29, 0.717) is 17.8 Å². The van der Waals surface area contributed by atoms with E-state index in [4.69, 9.17) is 4.43 Å². The molecular formula is C23H32O2Si. The van der Waals surface area contributed by atoms with Crippen molar-refractivity contribution in [2.75, 3.05) is 13.2 Å². The van der Waals surface area contributed by atoms with Gasteiger partial charge in [0.2, 0.25) is 0 Å². The Kier molecular flexibility index (Phi) is 5.71.